The summed E-state index contributed by atoms with van der Waals surface area (Å²) in [4.78, 5) is 16.0. The summed E-state index contributed by atoms with van der Waals surface area (Å²) < 4.78 is 32.2. The van der Waals surface area contributed by atoms with Crippen LogP contribution in [0.2, 0.25) is 0 Å². The molecule has 7 heteroatoms. The number of hydrogen-bond acceptors (Lipinski definition) is 4. The molecule has 1 fully saturated rings. The van der Waals surface area contributed by atoms with Gasteiger partial charge in [0.15, 0.2) is 11.7 Å². The van der Waals surface area contributed by atoms with Crippen LogP contribution in [-0.4, -0.2) is 30.5 Å². The van der Waals surface area contributed by atoms with Crippen LogP contribution in [0, 0.1) is 17.6 Å². The Morgan fingerprint density at radius 3 is 3.04 bits per heavy atom. The summed E-state index contributed by atoms with van der Waals surface area (Å²) >= 11 is 0. The highest BCUT2D eigenvalue weighted by Crippen LogP contribution is 2.24. The maximum atomic E-state index is 13.8. The second kappa shape index (κ2) is 8.89. The van der Waals surface area contributed by atoms with Gasteiger partial charge < -0.3 is 15.1 Å². The van der Waals surface area contributed by atoms with Gasteiger partial charge in [0.1, 0.15) is 11.6 Å². The lowest BCUT2D eigenvalue weighted by molar-refractivity contribution is -0.121. The highest BCUT2D eigenvalue weighted by Gasteiger charge is 2.14. The Kier molecular flexibility index (Phi) is 6.33. The molecule has 0 radical (unpaired) electrons. The van der Waals surface area contributed by atoms with Crippen molar-refractivity contribution < 1.29 is 18.0 Å². The molecule has 140 valence electrons. The van der Waals surface area contributed by atoms with E-state index in [0.29, 0.717) is 24.8 Å². The van der Waals surface area contributed by atoms with Gasteiger partial charge in [0.25, 0.3) is 0 Å². The molecule has 1 aromatic heterocycles. The van der Waals surface area contributed by atoms with E-state index in [1.807, 2.05) is 0 Å². The fourth-order valence-corrected chi connectivity index (χ4v) is 3.13. The second-order valence-corrected chi connectivity index (χ2v) is 6.59. The van der Waals surface area contributed by atoms with E-state index in [1.165, 1.54) is 25.1 Å². The number of rotatable bonds is 7. The number of carbonyl (C=O) groups is 1. The SMILES string of the molecule is O=C(CCc1ncc(-c2ccc(F)cc2F)o1)NCCC1CCCNC1. The predicted octanol–water partition coefficient (Wildman–Crippen LogP) is 3.06. The van der Waals surface area contributed by atoms with E-state index in [0.717, 1.165) is 31.6 Å². The summed E-state index contributed by atoms with van der Waals surface area (Å²) in [6.07, 6.45) is 5.36. The quantitative estimate of drug-likeness (QED) is 0.793. The van der Waals surface area contributed by atoms with Gasteiger partial charge in [0.05, 0.1) is 11.8 Å². The van der Waals surface area contributed by atoms with Crippen LogP contribution in [0.25, 0.3) is 11.3 Å². The van der Waals surface area contributed by atoms with Gasteiger partial charge in [-0.3, -0.25) is 4.79 Å². The summed E-state index contributed by atoms with van der Waals surface area (Å²) in [6, 6.07) is 3.27. The third-order valence-electron chi connectivity index (χ3n) is 4.59. The molecule has 0 bridgehead atoms. The molecule has 3 rings (SSSR count). The number of amides is 1. The summed E-state index contributed by atoms with van der Waals surface area (Å²) in [5.74, 6) is -0.196. The summed E-state index contributed by atoms with van der Waals surface area (Å²) in [5.41, 5.74) is 0.149. The van der Waals surface area contributed by atoms with Gasteiger partial charge in [-0.05, 0) is 50.4 Å². The van der Waals surface area contributed by atoms with Crippen molar-refractivity contribution in [1.29, 1.82) is 0 Å². The van der Waals surface area contributed by atoms with Crippen molar-refractivity contribution in [3.8, 4) is 11.3 Å². The van der Waals surface area contributed by atoms with E-state index in [9.17, 15) is 13.6 Å². The molecular formula is C19H23F2N3O2. The van der Waals surface area contributed by atoms with Crippen LogP contribution in [0.4, 0.5) is 8.78 Å². The number of hydrogen-bond donors (Lipinski definition) is 2. The van der Waals surface area contributed by atoms with Crippen molar-refractivity contribution in [3.05, 3.63) is 41.9 Å². The molecule has 0 saturated carbocycles. The zero-order valence-electron chi connectivity index (χ0n) is 14.6. The average Bonchev–Trinajstić information content (AvgIpc) is 3.09. The minimum Gasteiger partial charge on any atom is -0.441 e. The van der Waals surface area contributed by atoms with Gasteiger partial charge in [-0.1, -0.05) is 0 Å². The number of halogens is 2. The maximum Gasteiger partial charge on any atom is 0.220 e. The van der Waals surface area contributed by atoms with Crippen molar-refractivity contribution in [3.63, 3.8) is 0 Å². The van der Waals surface area contributed by atoms with Gasteiger partial charge in [-0.25, -0.2) is 13.8 Å². The van der Waals surface area contributed by atoms with Crippen molar-refractivity contribution in [2.75, 3.05) is 19.6 Å². The van der Waals surface area contributed by atoms with E-state index >= 15 is 0 Å². The Balaban J connectivity index is 1.43. The number of nitrogens with one attached hydrogen (secondary N) is 2. The molecule has 0 aliphatic carbocycles. The number of nitrogens with zero attached hydrogens (tertiary/aromatic N) is 1. The van der Waals surface area contributed by atoms with Crippen molar-refractivity contribution in [2.24, 2.45) is 5.92 Å². The maximum absolute atomic E-state index is 13.8. The standard InChI is InChI=1S/C19H23F2N3O2/c20-14-3-4-15(16(21)10-14)17-12-24-19(26-17)6-5-18(25)23-9-7-13-2-1-8-22-11-13/h3-4,10,12-13,22H,1-2,5-9,11H2,(H,23,25). The van der Waals surface area contributed by atoms with E-state index in [2.05, 4.69) is 15.6 Å². The predicted molar refractivity (Wildman–Crippen MR) is 93.4 cm³/mol. The fourth-order valence-electron chi connectivity index (χ4n) is 3.13. The van der Waals surface area contributed by atoms with Crippen LogP contribution in [0.5, 0.6) is 0 Å². The number of carbonyl (C=O) groups excluding carboxylic acids is 1. The zero-order valence-corrected chi connectivity index (χ0v) is 14.6. The van der Waals surface area contributed by atoms with Crippen LogP contribution < -0.4 is 10.6 Å². The molecule has 1 aliphatic rings. The largest absolute Gasteiger partial charge is 0.441 e. The first kappa shape index (κ1) is 18.5. The molecule has 1 atom stereocenters. The van der Waals surface area contributed by atoms with Crippen LogP contribution in [-0.2, 0) is 11.2 Å². The normalized spacial score (nSPS) is 17.2. The lowest BCUT2D eigenvalue weighted by Crippen LogP contribution is -2.33. The van der Waals surface area contributed by atoms with Gasteiger partial charge >= 0.3 is 0 Å². The first-order valence-corrected chi connectivity index (χ1v) is 8.99. The molecule has 5 nitrogen and oxygen atoms in total. The van der Waals surface area contributed by atoms with E-state index < -0.39 is 11.6 Å². The van der Waals surface area contributed by atoms with Crippen molar-refractivity contribution in [2.45, 2.75) is 32.1 Å². The molecule has 2 aromatic rings. The van der Waals surface area contributed by atoms with Crippen molar-refractivity contribution in [1.82, 2.24) is 15.6 Å². The van der Waals surface area contributed by atoms with E-state index in [1.54, 1.807) is 0 Å². The minimum absolute atomic E-state index is 0.0542. The number of aromatic nitrogens is 1. The molecule has 0 spiro atoms. The number of aryl methyl sites for hydroxylation is 1. The monoisotopic (exact) mass is 363 g/mol. The number of piperidine rings is 1. The molecule has 1 aromatic carbocycles. The van der Waals surface area contributed by atoms with Crippen LogP contribution in [0.1, 0.15) is 31.6 Å². The molecular weight excluding hydrogens is 340 g/mol. The van der Waals surface area contributed by atoms with Crippen LogP contribution in [0.15, 0.2) is 28.8 Å². The van der Waals surface area contributed by atoms with Gasteiger partial charge in [-0.2, -0.15) is 0 Å². The van der Waals surface area contributed by atoms with Crippen LogP contribution in [0.3, 0.4) is 0 Å². The Labute approximate surface area is 151 Å². The Morgan fingerprint density at radius 2 is 2.27 bits per heavy atom. The smallest absolute Gasteiger partial charge is 0.220 e. The summed E-state index contributed by atoms with van der Waals surface area (Å²) in [5, 5.41) is 6.28. The van der Waals surface area contributed by atoms with E-state index in [-0.39, 0.29) is 23.7 Å². The molecule has 26 heavy (non-hydrogen) atoms. The molecule has 1 aliphatic heterocycles. The number of oxazole rings is 1. The first-order chi connectivity index (χ1) is 12.6. The summed E-state index contributed by atoms with van der Waals surface area (Å²) in [7, 11) is 0. The lowest BCUT2D eigenvalue weighted by atomic mass is 9.96. The summed E-state index contributed by atoms with van der Waals surface area (Å²) in [6.45, 7) is 2.78. The Morgan fingerprint density at radius 1 is 1.38 bits per heavy atom. The van der Waals surface area contributed by atoms with Crippen LogP contribution >= 0.6 is 0 Å². The third kappa shape index (κ3) is 5.11. The average molecular weight is 363 g/mol. The first-order valence-electron chi connectivity index (χ1n) is 8.99. The second-order valence-electron chi connectivity index (χ2n) is 6.59. The van der Waals surface area contributed by atoms with Gasteiger partial charge in [0, 0.05) is 25.5 Å². The number of benzene rings is 1. The molecule has 2 N–H and O–H groups in total. The Hall–Kier alpha value is -2.28. The molecule has 1 amide bonds. The molecule has 1 saturated heterocycles. The highest BCUT2D eigenvalue weighted by molar-refractivity contribution is 5.76. The van der Waals surface area contributed by atoms with Gasteiger partial charge in [0.2, 0.25) is 5.91 Å². The topological polar surface area (TPSA) is 67.2 Å². The third-order valence-corrected chi connectivity index (χ3v) is 4.59. The minimum atomic E-state index is -0.706. The molecule has 1 unspecified atom stereocenters. The lowest BCUT2D eigenvalue weighted by Gasteiger charge is -2.22. The Bertz CT molecular complexity index is 742. The highest BCUT2D eigenvalue weighted by atomic mass is 19.1. The fraction of sp³-hybridized carbons (Fsp3) is 0.474. The van der Waals surface area contributed by atoms with Gasteiger partial charge in [-0.15, -0.1) is 0 Å². The molecule has 2 heterocycles. The zero-order chi connectivity index (χ0) is 18.4. The van der Waals surface area contributed by atoms with Crippen molar-refractivity contribution >= 4 is 5.91 Å². The van der Waals surface area contributed by atoms with E-state index in [4.69, 9.17) is 4.42 Å².